The second-order valence-electron chi connectivity index (χ2n) is 2.99. The zero-order valence-corrected chi connectivity index (χ0v) is 9.77. The first-order valence-electron chi connectivity index (χ1n) is 4.24. The summed E-state index contributed by atoms with van der Waals surface area (Å²) in [4.78, 5) is 14.3. The Kier molecular flexibility index (Phi) is 4.37. The minimum Gasteiger partial charge on any atom is -0.481 e. The standard InChI is InChI=1S/C8H12N2O3S2/c1-4-7(15-8(9)10-4)14-3-5(11)2-6(12)13/h5,11H,2-3H2,1H3,(H2,9,10)(H,12,13). The van der Waals surface area contributed by atoms with Crippen molar-refractivity contribution in [1.29, 1.82) is 0 Å². The van der Waals surface area contributed by atoms with E-state index < -0.39 is 12.1 Å². The number of carbonyl (C=O) groups is 1. The topological polar surface area (TPSA) is 96.4 Å². The molecule has 4 N–H and O–H groups in total. The maximum atomic E-state index is 10.3. The van der Waals surface area contributed by atoms with Gasteiger partial charge in [0.1, 0.15) is 0 Å². The number of hydrogen-bond donors (Lipinski definition) is 3. The number of carboxylic acid groups (broad SMARTS) is 1. The summed E-state index contributed by atoms with van der Waals surface area (Å²) < 4.78 is 0.928. The van der Waals surface area contributed by atoms with Crippen LogP contribution >= 0.6 is 23.1 Å². The lowest BCUT2D eigenvalue weighted by Gasteiger charge is -2.05. The van der Waals surface area contributed by atoms with E-state index in [1.807, 2.05) is 6.92 Å². The van der Waals surface area contributed by atoms with Gasteiger partial charge in [0, 0.05) is 5.75 Å². The van der Waals surface area contributed by atoms with Crippen LogP contribution in [0.15, 0.2) is 4.21 Å². The molecule has 1 atom stereocenters. The molecular weight excluding hydrogens is 236 g/mol. The van der Waals surface area contributed by atoms with E-state index in [2.05, 4.69) is 4.98 Å². The number of rotatable bonds is 5. The lowest BCUT2D eigenvalue weighted by atomic mass is 10.3. The van der Waals surface area contributed by atoms with Crippen molar-refractivity contribution in [3.63, 3.8) is 0 Å². The van der Waals surface area contributed by atoms with E-state index in [1.54, 1.807) is 0 Å². The van der Waals surface area contributed by atoms with Crippen molar-refractivity contribution in [2.45, 2.75) is 23.7 Å². The van der Waals surface area contributed by atoms with Gasteiger partial charge in [0.15, 0.2) is 5.13 Å². The van der Waals surface area contributed by atoms with Crippen LogP contribution in [-0.4, -0.2) is 33.0 Å². The molecule has 0 radical (unpaired) electrons. The molecule has 0 fully saturated rings. The van der Waals surface area contributed by atoms with Crippen LogP contribution < -0.4 is 5.73 Å². The Hall–Kier alpha value is -0.790. The number of aliphatic carboxylic acids is 1. The van der Waals surface area contributed by atoms with Gasteiger partial charge in [-0.25, -0.2) is 4.98 Å². The normalized spacial score (nSPS) is 12.7. The highest BCUT2D eigenvalue weighted by atomic mass is 32.2. The Labute approximate surface area is 95.3 Å². The van der Waals surface area contributed by atoms with Crippen molar-refractivity contribution >= 4 is 34.2 Å². The molecule has 0 bridgehead atoms. The maximum absolute atomic E-state index is 10.3. The number of thioether (sulfide) groups is 1. The number of aromatic nitrogens is 1. The molecule has 0 aromatic carbocycles. The molecular formula is C8H12N2O3S2. The number of aliphatic hydroxyl groups excluding tert-OH is 1. The lowest BCUT2D eigenvalue weighted by Crippen LogP contribution is -2.15. The SMILES string of the molecule is Cc1nc(N)sc1SCC(O)CC(=O)O. The molecule has 1 aromatic heterocycles. The molecule has 1 unspecified atom stereocenters. The number of anilines is 1. The molecule has 15 heavy (non-hydrogen) atoms. The van der Waals surface area contributed by atoms with Gasteiger partial charge in [0.05, 0.1) is 22.4 Å². The molecule has 0 spiro atoms. The third-order valence-electron chi connectivity index (χ3n) is 1.59. The minimum absolute atomic E-state index is 0.236. The Balaban J connectivity index is 2.43. The molecule has 0 amide bonds. The fourth-order valence-corrected chi connectivity index (χ4v) is 2.95. The molecule has 0 aliphatic heterocycles. The first-order valence-corrected chi connectivity index (χ1v) is 6.05. The van der Waals surface area contributed by atoms with Crippen LogP contribution in [0.5, 0.6) is 0 Å². The third-order valence-corrected chi connectivity index (χ3v) is 4.08. The Morgan fingerprint density at radius 1 is 1.73 bits per heavy atom. The van der Waals surface area contributed by atoms with Gasteiger partial charge in [-0.15, -0.1) is 11.8 Å². The highest BCUT2D eigenvalue weighted by molar-refractivity contribution is 8.01. The van der Waals surface area contributed by atoms with Crippen molar-refractivity contribution in [1.82, 2.24) is 4.98 Å². The van der Waals surface area contributed by atoms with E-state index >= 15 is 0 Å². The summed E-state index contributed by atoms with van der Waals surface area (Å²) in [5, 5.41) is 18.3. The van der Waals surface area contributed by atoms with E-state index in [4.69, 9.17) is 10.8 Å². The summed E-state index contributed by atoms with van der Waals surface area (Å²) in [7, 11) is 0. The van der Waals surface area contributed by atoms with Crippen molar-refractivity contribution in [3.05, 3.63) is 5.69 Å². The van der Waals surface area contributed by atoms with Gasteiger partial charge in [-0.05, 0) is 6.92 Å². The molecule has 0 saturated carbocycles. The number of nitrogen functional groups attached to an aromatic ring is 1. The van der Waals surface area contributed by atoms with Gasteiger partial charge < -0.3 is 15.9 Å². The van der Waals surface area contributed by atoms with Gasteiger partial charge in [0.25, 0.3) is 0 Å². The van der Waals surface area contributed by atoms with Crippen molar-refractivity contribution in [2.24, 2.45) is 0 Å². The second kappa shape index (κ2) is 5.34. The predicted octanol–water partition coefficient (Wildman–Crippen LogP) is 0.961. The van der Waals surface area contributed by atoms with Crippen LogP contribution in [0.1, 0.15) is 12.1 Å². The van der Waals surface area contributed by atoms with Gasteiger partial charge in [-0.3, -0.25) is 4.79 Å². The van der Waals surface area contributed by atoms with Gasteiger partial charge in [-0.2, -0.15) is 0 Å². The van der Waals surface area contributed by atoms with Gasteiger partial charge in [-0.1, -0.05) is 11.3 Å². The number of nitrogens with zero attached hydrogens (tertiary/aromatic N) is 1. The first-order chi connectivity index (χ1) is 6.99. The molecule has 0 saturated heterocycles. The van der Waals surface area contributed by atoms with Crippen LogP contribution in [0.25, 0.3) is 0 Å². The molecule has 1 rings (SSSR count). The average Bonchev–Trinajstić information content (AvgIpc) is 2.40. The Bertz CT molecular complexity index is 354. The number of aryl methyl sites for hydroxylation is 1. The number of hydrogen-bond acceptors (Lipinski definition) is 6. The van der Waals surface area contributed by atoms with E-state index in [0.717, 1.165) is 9.90 Å². The van der Waals surface area contributed by atoms with Crippen molar-refractivity contribution in [3.8, 4) is 0 Å². The summed E-state index contributed by atoms with van der Waals surface area (Å²) >= 11 is 2.73. The largest absolute Gasteiger partial charge is 0.481 e. The summed E-state index contributed by atoms with van der Waals surface area (Å²) in [6.45, 7) is 1.83. The summed E-state index contributed by atoms with van der Waals surface area (Å²) in [5.74, 6) is -0.655. The minimum atomic E-state index is -0.997. The van der Waals surface area contributed by atoms with E-state index in [1.165, 1.54) is 23.1 Å². The quantitative estimate of drug-likeness (QED) is 0.672. The molecule has 7 heteroatoms. The van der Waals surface area contributed by atoms with Crippen LogP contribution in [-0.2, 0) is 4.79 Å². The van der Waals surface area contributed by atoms with Crippen molar-refractivity contribution in [2.75, 3.05) is 11.5 Å². The van der Waals surface area contributed by atoms with Crippen LogP contribution in [0.3, 0.4) is 0 Å². The van der Waals surface area contributed by atoms with Crippen LogP contribution in [0, 0.1) is 6.92 Å². The van der Waals surface area contributed by atoms with E-state index in [9.17, 15) is 9.90 Å². The van der Waals surface area contributed by atoms with Crippen LogP contribution in [0.4, 0.5) is 5.13 Å². The highest BCUT2D eigenvalue weighted by Gasteiger charge is 2.12. The first kappa shape index (κ1) is 12.3. The number of aliphatic hydroxyl groups is 1. The van der Waals surface area contributed by atoms with E-state index in [-0.39, 0.29) is 6.42 Å². The molecule has 5 nitrogen and oxygen atoms in total. The molecule has 0 aliphatic carbocycles. The monoisotopic (exact) mass is 248 g/mol. The number of thiazole rings is 1. The average molecular weight is 248 g/mol. The summed E-state index contributed by atoms with van der Waals surface area (Å²) in [6, 6.07) is 0. The smallest absolute Gasteiger partial charge is 0.306 e. The molecule has 1 heterocycles. The summed E-state index contributed by atoms with van der Waals surface area (Å²) in [5.41, 5.74) is 6.33. The summed E-state index contributed by atoms with van der Waals surface area (Å²) in [6.07, 6.45) is -1.07. The zero-order chi connectivity index (χ0) is 11.4. The fourth-order valence-electron chi connectivity index (χ4n) is 0.969. The molecule has 1 aromatic rings. The third kappa shape index (κ3) is 4.06. The number of nitrogens with two attached hydrogens (primary N) is 1. The second-order valence-corrected chi connectivity index (χ2v) is 5.31. The van der Waals surface area contributed by atoms with Gasteiger partial charge in [0.2, 0.25) is 0 Å². The van der Waals surface area contributed by atoms with Crippen molar-refractivity contribution < 1.29 is 15.0 Å². The fraction of sp³-hybridized carbons (Fsp3) is 0.500. The maximum Gasteiger partial charge on any atom is 0.306 e. The lowest BCUT2D eigenvalue weighted by molar-refractivity contribution is -0.138. The van der Waals surface area contributed by atoms with Gasteiger partial charge >= 0.3 is 5.97 Å². The van der Waals surface area contributed by atoms with E-state index in [0.29, 0.717) is 10.9 Å². The highest BCUT2D eigenvalue weighted by Crippen LogP contribution is 2.30. The Morgan fingerprint density at radius 2 is 2.40 bits per heavy atom. The molecule has 84 valence electrons. The number of carboxylic acids is 1. The predicted molar refractivity (Wildman–Crippen MR) is 60.2 cm³/mol. The molecule has 0 aliphatic rings. The van der Waals surface area contributed by atoms with Crippen LogP contribution in [0.2, 0.25) is 0 Å². The zero-order valence-electron chi connectivity index (χ0n) is 8.14. The Morgan fingerprint density at radius 3 is 2.87 bits per heavy atom.